The number of rotatable bonds is 10. The number of aryl methyl sites for hydroxylation is 1. The zero-order valence-corrected chi connectivity index (χ0v) is 25.4. The Labute approximate surface area is 256 Å². The highest BCUT2D eigenvalue weighted by atomic mass is 35.5. The van der Waals surface area contributed by atoms with Crippen LogP contribution in [-0.4, -0.2) is 51.3 Å². The summed E-state index contributed by atoms with van der Waals surface area (Å²) in [7, 11) is 3.03. The number of aromatic nitrogens is 1. The van der Waals surface area contributed by atoms with E-state index in [1.807, 2.05) is 6.07 Å². The van der Waals surface area contributed by atoms with Gasteiger partial charge in [-0.2, -0.15) is 5.26 Å². The van der Waals surface area contributed by atoms with Crippen molar-refractivity contribution in [3.8, 4) is 23.4 Å². The van der Waals surface area contributed by atoms with Gasteiger partial charge in [0.05, 0.1) is 24.7 Å². The minimum atomic E-state index is -0.700. The smallest absolute Gasteiger partial charge is 0.271 e. The number of ketones is 1. The first-order chi connectivity index (χ1) is 20.1. The van der Waals surface area contributed by atoms with Crippen molar-refractivity contribution in [2.24, 2.45) is 0 Å². The number of Topliss-reactive ketones (excluding diaryl/α,β-unsaturated/α-hetero) is 1. The number of pyridine rings is 1. The molecular weight excluding hydrogens is 598 g/mol. The molecule has 2 heterocycles. The Kier molecular flexibility index (Phi) is 9.73. The molecule has 1 fully saturated rings. The minimum Gasteiger partial charge on any atom is -0.494 e. The lowest BCUT2D eigenvalue weighted by Crippen LogP contribution is -2.31. The van der Waals surface area contributed by atoms with Gasteiger partial charge in [-0.25, -0.2) is 0 Å². The first-order valence-corrected chi connectivity index (χ1v) is 14.3. The Balaban J connectivity index is 1.55. The van der Waals surface area contributed by atoms with Crippen molar-refractivity contribution in [3.63, 3.8) is 0 Å². The van der Waals surface area contributed by atoms with E-state index in [0.717, 1.165) is 27.5 Å². The van der Waals surface area contributed by atoms with Crippen LogP contribution in [0.15, 0.2) is 52.2 Å². The summed E-state index contributed by atoms with van der Waals surface area (Å²) < 4.78 is 11.9. The molecule has 1 aromatic heterocycles. The van der Waals surface area contributed by atoms with Crippen molar-refractivity contribution in [3.05, 3.63) is 90.6 Å². The van der Waals surface area contributed by atoms with E-state index in [9.17, 15) is 24.8 Å². The summed E-state index contributed by atoms with van der Waals surface area (Å²) in [5.74, 6) is -0.362. The number of hydrogen-bond acceptors (Lipinski definition) is 9. The van der Waals surface area contributed by atoms with Gasteiger partial charge in [-0.05, 0) is 60.4 Å². The van der Waals surface area contributed by atoms with E-state index >= 15 is 0 Å². The fraction of sp³-hybridized carbons (Fsp3) is 0.233. The summed E-state index contributed by atoms with van der Waals surface area (Å²) >= 11 is 12.4. The summed E-state index contributed by atoms with van der Waals surface area (Å²) in [6.45, 7) is 1.41. The molecule has 2 aromatic carbocycles. The number of benzene rings is 2. The van der Waals surface area contributed by atoms with E-state index in [4.69, 9.17) is 33.3 Å². The molecule has 0 bridgehead atoms. The quantitative estimate of drug-likeness (QED) is 0.186. The molecule has 0 aliphatic carbocycles. The molecule has 1 aliphatic rings. The van der Waals surface area contributed by atoms with Gasteiger partial charge in [-0.3, -0.25) is 23.9 Å². The predicted molar refractivity (Wildman–Crippen MR) is 165 cm³/mol. The van der Waals surface area contributed by atoms with Crippen LogP contribution in [0.3, 0.4) is 0 Å². The highest BCUT2D eigenvalue weighted by Crippen LogP contribution is 2.33. The van der Waals surface area contributed by atoms with Crippen molar-refractivity contribution in [2.45, 2.75) is 26.3 Å². The lowest BCUT2D eigenvalue weighted by Gasteiger charge is -2.17. The van der Waals surface area contributed by atoms with Gasteiger partial charge < -0.3 is 14.6 Å². The van der Waals surface area contributed by atoms with Crippen molar-refractivity contribution in [2.75, 3.05) is 20.8 Å². The van der Waals surface area contributed by atoms with Crippen molar-refractivity contribution in [1.82, 2.24) is 9.47 Å². The summed E-state index contributed by atoms with van der Waals surface area (Å²) in [6.07, 6.45) is 1.81. The van der Waals surface area contributed by atoms with E-state index < -0.39 is 17.2 Å². The number of carbonyl (C=O) groups is 2. The van der Waals surface area contributed by atoms with Crippen LogP contribution in [0.1, 0.15) is 39.0 Å². The number of halogens is 1. The number of nitriles is 1. The van der Waals surface area contributed by atoms with Gasteiger partial charge in [-0.15, -0.1) is 0 Å². The second-order valence-electron chi connectivity index (χ2n) is 9.26. The largest absolute Gasteiger partial charge is 0.494 e. The Bertz CT molecular complexity index is 1710. The normalized spacial score (nSPS) is 13.9. The van der Waals surface area contributed by atoms with Crippen molar-refractivity contribution < 1.29 is 24.2 Å². The fourth-order valence-electron chi connectivity index (χ4n) is 4.51. The third-order valence-electron chi connectivity index (χ3n) is 6.75. The molecule has 216 valence electrons. The van der Waals surface area contributed by atoms with Gasteiger partial charge in [0.15, 0.2) is 17.3 Å². The average molecular weight is 624 g/mol. The summed E-state index contributed by atoms with van der Waals surface area (Å²) in [6, 6.07) is 14.1. The summed E-state index contributed by atoms with van der Waals surface area (Å²) in [5.41, 5.74) is 0.567. The van der Waals surface area contributed by atoms with Crippen LogP contribution >= 0.6 is 35.6 Å². The Morgan fingerprint density at radius 1 is 1.12 bits per heavy atom. The molecule has 3 aromatic rings. The number of ether oxygens (including phenoxy) is 2. The lowest BCUT2D eigenvalue weighted by molar-refractivity contribution is -0.122. The third-order valence-corrected chi connectivity index (χ3v) is 8.38. The summed E-state index contributed by atoms with van der Waals surface area (Å²) in [4.78, 5) is 41.2. The van der Waals surface area contributed by atoms with Crippen LogP contribution in [0.25, 0.3) is 6.08 Å². The van der Waals surface area contributed by atoms with Gasteiger partial charge in [0.25, 0.3) is 11.5 Å². The van der Waals surface area contributed by atoms with Crippen LogP contribution < -0.4 is 15.0 Å². The molecule has 4 rings (SSSR count). The van der Waals surface area contributed by atoms with Crippen LogP contribution in [0.5, 0.6) is 17.4 Å². The highest BCUT2D eigenvalue weighted by molar-refractivity contribution is 8.26. The van der Waals surface area contributed by atoms with Crippen LogP contribution in [0.2, 0.25) is 5.02 Å². The number of aromatic hydroxyl groups is 1. The van der Waals surface area contributed by atoms with E-state index in [2.05, 4.69) is 0 Å². The van der Waals surface area contributed by atoms with Gasteiger partial charge in [0.2, 0.25) is 5.88 Å². The van der Waals surface area contributed by atoms with Crippen molar-refractivity contribution >= 4 is 57.7 Å². The standard InChI is InChI=1S/C30H26ClN3O6S2/c1-17-21(16-32)27(36)33(12-10-19-6-9-23(39-2)24(14-19)40-3)29(38)26(17)22(35)11-13-34-28(37)25(42-30(34)41)15-18-4-7-20(31)8-5-18/h4-9,14-15,38H,10-13H2,1-3H3/b25-15-. The van der Waals surface area contributed by atoms with Gasteiger partial charge in [0.1, 0.15) is 16.0 Å². The van der Waals surface area contributed by atoms with E-state index in [1.165, 1.54) is 26.0 Å². The molecule has 1 aliphatic heterocycles. The molecule has 0 unspecified atom stereocenters. The first-order valence-electron chi connectivity index (χ1n) is 12.7. The minimum absolute atomic E-state index is 0.000417. The maximum atomic E-state index is 13.4. The lowest BCUT2D eigenvalue weighted by atomic mass is 9.99. The molecule has 12 heteroatoms. The molecule has 0 saturated carbocycles. The molecule has 0 radical (unpaired) electrons. The van der Waals surface area contributed by atoms with Gasteiger partial charge in [-0.1, -0.05) is 53.8 Å². The zero-order chi connectivity index (χ0) is 30.6. The van der Waals surface area contributed by atoms with Crippen LogP contribution in [0.4, 0.5) is 0 Å². The number of thiocarbonyl (C=S) groups is 1. The van der Waals surface area contributed by atoms with Crippen LogP contribution in [-0.2, 0) is 17.8 Å². The zero-order valence-electron chi connectivity index (χ0n) is 23.0. The molecule has 9 nitrogen and oxygen atoms in total. The molecular formula is C30H26ClN3O6S2. The Hall–Kier alpha value is -4.11. The second kappa shape index (κ2) is 13.2. The molecule has 1 N–H and O–H groups in total. The molecule has 1 saturated heterocycles. The molecule has 42 heavy (non-hydrogen) atoms. The van der Waals surface area contributed by atoms with E-state index in [1.54, 1.807) is 48.5 Å². The number of carbonyl (C=O) groups excluding carboxylic acids is 2. The topological polar surface area (TPSA) is 122 Å². The van der Waals surface area contributed by atoms with Crippen LogP contribution in [0, 0.1) is 18.3 Å². The third kappa shape index (κ3) is 6.36. The van der Waals surface area contributed by atoms with Gasteiger partial charge in [0, 0.05) is 24.5 Å². The number of nitrogens with zero attached hydrogens (tertiary/aromatic N) is 3. The van der Waals surface area contributed by atoms with Gasteiger partial charge >= 0.3 is 0 Å². The van der Waals surface area contributed by atoms with E-state index in [0.29, 0.717) is 32.2 Å². The van der Waals surface area contributed by atoms with E-state index in [-0.39, 0.29) is 42.1 Å². The number of hydrogen-bond donors (Lipinski definition) is 1. The molecule has 1 amide bonds. The number of thioether (sulfide) groups is 1. The Morgan fingerprint density at radius 2 is 1.81 bits per heavy atom. The first kappa shape index (κ1) is 30.8. The Morgan fingerprint density at radius 3 is 2.45 bits per heavy atom. The SMILES string of the molecule is COc1ccc(CCn2c(O)c(C(=O)CCN3C(=O)/C(=C/c4ccc(Cl)cc4)SC3=S)c(C)c(C#N)c2=O)cc1OC. The average Bonchev–Trinajstić information content (AvgIpc) is 3.24. The fourth-order valence-corrected chi connectivity index (χ4v) is 5.95. The predicted octanol–water partition coefficient (Wildman–Crippen LogP) is 5.12. The number of amides is 1. The van der Waals surface area contributed by atoms with Crippen molar-refractivity contribution in [1.29, 1.82) is 5.26 Å². The summed E-state index contributed by atoms with van der Waals surface area (Å²) in [5, 5.41) is 21.4. The maximum absolute atomic E-state index is 13.4. The number of methoxy groups -OCH3 is 2. The second-order valence-corrected chi connectivity index (χ2v) is 11.4. The molecule has 0 atom stereocenters. The molecule has 0 spiro atoms. The maximum Gasteiger partial charge on any atom is 0.271 e. The monoisotopic (exact) mass is 623 g/mol. The highest BCUT2D eigenvalue weighted by Gasteiger charge is 2.33.